The highest BCUT2D eigenvalue weighted by Gasteiger charge is 2.16. The molecule has 0 aliphatic carbocycles. The van der Waals surface area contributed by atoms with E-state index in [9.17, 15) is 9.59 Å². The normalized spacial score (nSPS) is 15.7. The molecular weight excluding hydrogens is 426 g/mol. The van der Waals surface area contributed by atoms with Gasteiger partial charge < -0.3 is 20.3 Å². The molecule has 3 rings (SSSR count). The Bertz CT molecular complexity index is 863. The van der Waals surface area contributed by atoms with Crippen molar-refractivity contribution in [1.82, 2.24) is 20.4 Å². The van der Waals surface area contributed by atoms with Crippen LogP contribution >= 0.6 is 11.3 Å². The zero-order valence-corrected chi connectivity index (χ0v) is 19.7. The van der Waals surface area contributed by atoms with Crippen LogP contribution in [-0.2, 0) is 16.1 Å². The summed E-state index contributed by atoms with van der Waals surface area (Å²) in [4.78, 5) is 26.9. The van der Waals surface area contributed by atoms with Gasteiger partial charge >= 0.3 is 0 Å². The number of nitrogens with one attached hydrogen (secondary N) is 2. The molecule has 0 bridgehead atoms. The molecule has 0 radical (unpaired) electrons. The summed E-state index contributed by atoms with van der Waals surface area (Å²) in [7, 11) is 0. The van der Waals surface area contributed by atoms with E-state index in [-0.39, 0.29) is 30.0 Å². The van der Waals surface area contributed by atoms with Crippen molar-refractivity contribution in [3.05, 3.63) is 39.8 Å². The summed E-state index contributed by atoms with van der Waals surface area (Å²) in [5.74, 6) is -0.455. The third-order valence-electron chi connectivity index (χ3n) is 5.58. The SMILES string of the molecule is Cc1ccc(NC(=O)c2nnc(COCC(=O)NCC[C@@H](C)N3CCCCCC3)s2)cc1. The number of amides is 2. The van der Waals surface area contributed by atoms with Crippen LogP contribution in [0.25, 0.3) is 0 Å². The fourth-order valence-corrected chi connectivity index (χ4v) is 4.32. The summed E-state index contributed by atoms with van der Waals surface area (Å²) in [5, 5.41) is 14.4. The maximum absolute atomic E-state index is 12.3. The highest BCUT2D eigenvalue weighted by Crippen LogP contribution is 2.15. The average molecular weight is 460 g/mol. The summed E-state index contributed by atoms with van der Waals surface area (Å²) in [6, 6.07) is 8.00. The summed E-state index contributed by atoms with van der Waals surface area (Å²) in [5.41, 5.74) is 1.82. The molecular formula is C23H33N5O3S. The van der Waals surface area contributed by atoms with Crippen LogP contribution in [0.3, 0.4) is 0 Å². The van der Waals surface area contributed by atoms with Crippen LogP contribution in [0.2, 0.25) is 0 Å². The number of rotatable bonds is 10. The predicted molar refractivity (Wildman–Crippen MR) is 126 cm³/mol. The summed E-state index contributed by atoms with van der Waals surface area (Å²) in [6.07, 6.45) is 6.12. The Balaban J connectivity index is 1.32. The van der Waals surface area contributed by atoms with Gasteiger partial charge in [0.2, 0.25) is 10.9 Å². The van der Waals surface area contributed by atoms with E-state index in [1.807, 2.05) is 31.2 Å². The Morgan fingerprint density at radius 2 is 1.84 bits per heavy atom. The van der Waals surface area contributed by atoms with Crippen LogP contribution in [-0.4, -0.2) is 59.2 Å². The first-order valence-corrected chi connectivity index (χ1v) is 12.1. The fraction of sp³-hybridized carbons (Fsp3) is 0.565. The molecule has 1 saturated heterocycles. The summed E-state index contributed by atoms with van der Waals surface area (Å²) in [6.45, 7) is 7.28. The van der Waals surface area contributed by atoms with Crippen LogP contribution in [0, 0.1) is 6.92 Å². The highest BCUT2D eigenvalue weighted by atomic mass is 32.1. The third-order valence-corrected chi connectivity index (χ3v) is 6.47. The number of hydrogen-bond donors (Lipinski definition) is 2. The highest BCUT2D eigenvalue weighted by molar-refractivity contribution is 7.13. The minimum atomic E-state index is -0.311. The molecule has 2 N–H and O–H groups in total. The van der Waals surface area contributed by atoms with E-state index in [0.717, 1.165) is 36.4 Å². The molecule has 1 atom stereocenters. The number of nitrogens with zero attached hydrogens (tertiary/aromatic N) is 3. The Morgan fingerprint density at radius 3 is 2.56 bits per heavy atom. The first-order chi connectivity index (χ1) is 15.5. The molecule has 0 unspecified atom stereocenters. The number of aromatic nitrogens is 2. The van der Waals surface area contributed by atoms with Crippen LogP contribution < -0.4 is 10.6 Å². The number of carbonyl (C=O) groups is 2. The largest absolute Gasteiger partial charge is 0.364 e. The first-order valence-electron chi connectivity index (χ1n) is 11.3. The molecule has 1 aliphatic rings. The van der Waals surface area contributed by atoms with E-state index >= 15 is 0 Å². The van der Waals surface area contributed by atoms with E-state index < -0.39 is 0 Å². The van der Waals surface area contributed by atoms with E-state index in [4.69, 9.17) is 4.74 Å². The van der Waals surface area contributed by atoms with Gasteiger partial charge in [-0.1, -0.05) is 41.9 Å². The van der Waals surface area contributed by atoms with Gasteiger partial charge in [-0.25, -0.2) is 0 Å². The molecule has 1 aromatic heterocycles. The maximum atomic E-state index is 12.3. The number of carbonyl (C=O) groups excluding carboxylic acids is 2. The number of anilines is 1. The molecule has 2 aromatic rings. The number of benzene rings is 1. The standard InChI is InChI=1S/C23H33N5O3S/c1-17-7-9-19(10-8-17)25-22(30)23-27-26-21(32-23)16-31-15-20(29)24-12-11-18(2)28-13-5-3-4-6-14-28/h7-10,18H,3-6,11-16H2,1-2H3,(H,24,29)(H,25,30)/t18-/m1/s1. The Hall–Kier alpha value is -2.36. The topological polar surface area (TPSA) is 96.5 Å². The first kappa shape index (κ1) is 24.3. The van der Waals surface area contributed by atoms with E-state index in [1.54, 1.807) is 0 Å². The lowest BCUT2D eigenvalue weighted by Gasteiger charge is -2.27. The van der Waals surface area contributed by atoms with Crippen molar-refractivity contribution in [3.8, 4) is 0 Å². The van der Waals surface area contributed by atoms with Crippen molar-refractivity contribution >= 4 is 28.8 Å². The second-order valence-corrected chi connectivity index (χ2v) is 9.31. The molecule has 8 nitrogen and oxygen atoms in total. The minimum absolute atomic E-state index is 0.0391. The van der Waals surface area contributed by atoms with Gasteiger partial charge in [-0.2, -0.15) is 0 Å². The quantitative estimate of drug-likeness (QED) is 0.565. The third kappa shape index (κ3) is 7.96. The van der Waals surface area contributed by atoms with Gasteiger partial charge in [0.15, 0.2) is 0 Å². The van der Waals surface area contributed by atoms with Gasteiger partial charge in [0.05, 0.1) is 0 Å². The molecule has 0 spiro atoms. The van der Waals surface area contributed by atoms with Crippen LogP contribution in [0.5, 0.6) is 0 Å². The zero-order chi connectivity index (χ0) is 22.8. The molecule has 1 aromatic carbocycles. The van der Waals surface area contributed by atoms with Gasteiger partial charge in [0.1, 0.15) is 18.2 Å². The van der Waals surface area contributed by atoms with E-state index in [0.29, 0.717) is 23.3 Å². The van der Waals surface area contributed by atoms with Gasteiger partial charge in [-0.15, -0.1) is 10.2 Å². The molecule has 1 fully saturated rings. The average Bonchev–Trinajstić information content (AvgIpc) is 3.08. The second-order valence-electron chi connectivity index (χ2n) is 8.25. The van der Waals surface area contributed by atoms with Crippen LogP contribution in [0.1, 0.15) is 59.4 Å². The second kappa shape index (κ2) is 12.6. The van der Waals surface area contributed by atoms with Gasteiger partial charge in [-0.05, 0) is 58.3 Å². The monoisotopic (exact) mass is 459 g/mol. The Labute approximate surface area is 193 Å². The molecule has 174 valence electrons. The van der Waals surface area contributed by atoms with Crippen LogP contribution in [0.4, 0.5) is 5.69 Å². The lowest BCUT2D eigenvalue weighted by atomic mass is 10.2. The number of ether oxygens (including phenoxy) is 1. The van der Waals surface area contributed by atoms with Gasteiger partial charge in [0.25, 0.3) is 5.91 Å². The fourth-order valence-electron chi connectivity index (χ4n) is 3.65. The summed E-state index contributed by atoms with van der Waals surface area (Å²) < 4.78 is 5.45. The van der Waals surface area contributed by atoms with Gasteiger partial charge in [-0.3, -0.25) is 9.59 Å². The molecule has 32 heavy (non-hydrogen) atoms. The van der Waals surface area contributed by atoms with Crippen molar-refractivity contribution in [2.24, 2.45) is 0 Å². The number of likely N-dealkylation sites (tertiary alicyclic amines) is 1. The smallest absolute Gasteiger partial charge is 0.286 e. The van der Waals surface area contributed by atoms with Crippen molar-refractivity contribution in [2.45, 2.75) is 58.6 Å². The molecule has 0 saturated carbocycles. The summed E-state index contributed by atoms with van der Waals surface area (Å²) >= 11 is 1.16. The number of aryl methyl sites for hydroxylation is 1. The molecule has 2 amide bonds. The Kier molecular flexibility index (Phi) is 9.58. The van der Waals surface area contributed by atoms with Crippen molar-refractivity contribution in [3.63, 3.8) is 0 Å². The van der Waals surface area contributed by atoms with Crippen LogP contribution in [0.15, 0.2) is 24.3 Å². The Morgan fingerprint density at radius 1 is 1.12 bits per heavy atom. The van der Waals surface area contributed by atoms with E-state index in [2.05, 4.69) is 32.7 Å². The molecule has 1 aliphatic heterocycles. The minimum Gasteiger partial charge on any atom is -0.364 e. The maximum Gasteiger partial charge on any atom is 0.286 e. The van der Waals surface area contributed by atoms with Crippen molar-refractivity contribution in [1.29, 1.82) is 0 Å². The molecule has 2 heterocycles. The van der Waals surface area contributed by atoms with Gasteiger partial charge in [0, 0.05) is 18.3 Å². The lowest BCUT2D eigenvalue weighted by molar-refractivity contribution is -0.126. The van der Waals surface area contributed by atoms with E-state index in [1.165, 1.54) is 25.7 Å². The van der Waals surface area contributed by atoms with Crippen molar-refractivity contribution < 1.29 is 14.3 Å². The molecule has 9 heteroatoms. The zero-order valence-electron chi connectivity index (χ0n) is 18.9. The van der Waals surface area contributed by atoms with Crippen molar-refractivity contribution in [2.75, 3.05) is 31.6 Å². The predicted octanol–water partition coefficient (Wildman–Crippen LogP) is 3.39. The lowest BCUT2D eigenvalue weighted by Crippen LogP contribution is -2.37. The number of hydrogen-bond acceptors (Lipinski definition) is 7.